The Morgan fingerprint density at radius 1 is 1.50 bits per heavy atom. The Kier molecular flexibility index (Phi) is 4.35. The standard InChI is InChI=1S/C12H20N6O2/c1-16-5-6-17(2)9(8-16)7-14-11-4-3-10(18(19)20)12(13)15-11/h3-4,9H,5-8H2,1-2H3,(H3,13,14,15). The molecule has 1 atom stereocenters. The second-order valence-electron chi connectivity index (χ2n) is 5.14. The van der Waals surface area contributed by atoms with Gasteiger partial charge in [0, 0.05) is 38.3 Å². The van der Waals surface area contributed by atoms with Crippen molar-refractivity contribution in [2.75, 3.05) is 51.3 Å². The number of hydrogen-bond donors (Lipinski definition) is 2. The summed E-state index contributed by atoms with van der Waals surface area (Å²) in [5.74, 6) is 0.504. The third-order valence-corrected chi connectivity index (χ3v) is 3.60. The average molecular weight is 280 g/mol. The molecule has 1 aromatic rings. The molecule has 1 aliphatic rings. The van der Waals surface area contributed by atoms with E-state index in [4.69, 9.17) is 5.73 Å². The van der Waals surface area contributed by atoms with E-state index in [2.05, 4.69) is 34.2 Å². The summed E-state index contributed by atoms with van der Waals surface area (Å²) in [4.78, 5) is 18.7. The Bertz CT molecular complexity index is 495. The minimum Gasteiger partial charge on any atom is -0.378 e. The summed E-state index contributed by atoms with van der Waals surface area (Å²) in [5, 5.41) is 13.9. The van der Waals surface area contributed by atoms with Crippen molar-refractivity contribution in [1.29, 1.82) is 0 Å². The molecule has 0 saturated carbocycles. The van der Waals surface area contributed by atoms with Gasteiger partial charge in [0.25, 0.3) is 0 Å². The van der Waals surface area contributed by atoms with Crippen LogP contribution < -0.4 is 11.1 Å². The fourth-order valence-corrected chi connectivity index (χ4v) is 2.26. The van der Waals surface area contributed by atoms with Crippen molar-refractivity contribution in [3.05, 3.63) is 22.2 Å². The highest BCUT2D eigenvalue weighted by molar-refractivity contribution is 5.57. The van der Waals surface area contributed by atoms with Gasteiger partial charge in [-0.15, -0.1) is 0 Å². The minimum atomic E-state index is -0.532. The van der Waals surface area contributed by atoms with Crippen LogP contribution in [0.25, 0.3) is 0 Å². The van der Waals surface area contributed by atoms with Crippen LogP contribution in [0.15, 0.2) is 12.1 Å². The Morgan fingerprint density at radius 2 is 2.25 bits per heavy atom. The van der Waals surface area contributed by atoms with E-state index in [1.54, 1.807) is 6.07 Å². The van der Waals surface area contributed by atoms with E-state index in [1.165, 1.54) is 6.07 Å². The van der Waals surface area contributed by atoms with Gasteiger partial charge in [0.15, 0.2) is 0 Å². The number of hydrogen-bond acceptors (Lipinski definition) is 7. The van der Waals surface area contributed by atoms with Gasteiger partial charge in [-0.1, -0.05) is 0 Å². The van der Waals surface area contributed by atoms with Crippen LogP contribution in [0.5, 0.6) is 0 Å². The molecule has 110 valence electrons. The predicted molar refractivity (Wildman–Crippen MR) is 77.7 cm³/mol. The number of piperazine rings is 1. The number of nitrogen functional groups attached to an aromatic ring is 1. The fraction of sp³-hybridized carbons (Fsp3) is 0.583. The molecule has 0 spiro atoms. The van der Waals surface area contributed by atoms with E-state index in [9.17, 15) is 10.1 Å². The number of nitro groups is 1. The summed E-state index contributed by atoms with van der Waals surface area (Å²) in [6.07, 6.45) is 0. The first kappa shape index (κ1) is 14.5. The molecule has 1 aliphatic heterocycles. The normalized spacial score (nSPS) is 20.8. The molecular weight excluding hydrogens is 260 g/mol. The monoisotopic (exact) mass is 280 g/mol. The van der Waals surface area contributed by atoms with Gasteiger partial charge in [-0.25, -0.2) is 4.98 Å². The molecule has 1 aromatic heterocycles. The topological polar surface area (TPSA) is 101 Å². The van der Waals surface area contributed by atoms with Gasteiger partial charge in [0.2, 0.25) is 5.82 Å². The van der Waals surface area contributed by atoms with Crippen molar-refractivity contribution in [3.8, 4) is 0 Å². The first-order valence-corrected chi connectivity index (χ1v) is 6.51. The lowest BCUT2D eigenvalue weighted by Gasteiger charge is -2.37. The highest BCUT2D eigenvalue weighted by Crippen LogP contribution is 2.20. The van der Waals surface area contributed by atoms with Crippen molar-refractivity contribution < 1.29 is 4.92 Å². The highest BCUT2D eigenvalue weighted by atomic mass is 16.6. The molecule has 1 saturated heterocycles. The maximum Gasteiger partial charge on any atom is 0.311 e. The van der Waals surface area contributed by atoms with Crippen LogP contribution in [0.2, 0.25) is 0 Å². The number of nitrogens with zero attached hydrogens (tertiary/aromatic N) is 4. The molecule has 1 fully saturated rings. The van der Waals surface area contributed by atoms with Crippen molar-refractivity contribution in [2.24, 2.45) is 0 Å². The van der Waals surface area contributed by atoms with Crippen molar-refractivity contribution in [2.45, 2.75) is 6.04 Å². The number of nitrogens with two attached hydrogens (primary N) is 1. The maximum absolute atomic E-state index is 10.7. The van der Waals surface area contributed by atoms with E-state index >= 15 is 0 Å². The Balaban J connectivity index is 1.97. The van der Waals surface area contributed by atoms with Crippen LogP contribution >= 0.6 is 0 Å². The van der Waals surface area contributed by atoms with E-state index in [1.807, 2.05) is 0 Å². The lowest BCUT2D eigenvalue weighted by molar-refractivity contribution is -0.384. The molecule has 2 rings (SSSR count). The first-order chi connectivity index (χ1) is 9.47. The molecule has 20 heavy (non-hydrogen) atoms. The Labute approximate surface area is 117 Å². The average Bonchev–Trinajstić information content (AvgIpc) is 2.39. The van der Waals surface area contributed by atoms with Gasteiger partial charge in [0.1, 0.15) is 5.82 Å². The quantitative estimate of drug-likeness (QED) is 0.601. The van der Waals surface area contributed by atoms with Crippen LogP contribution in [0, 0.1) is 10.1 Å². The maximum atomic E-state index is 10.7. The molecular formula is C12H20N6O2. The van der Waals surface area contributed by atoms with Crippen LogP contribution in [0.1, 0.15) is 0 Å². The summed E-state index contributed by atoms with van der Waals surface area (Å²) in [5.41, 5.74) is 5.41. The largest absolute Gasteiger partial charge is 0.378 e. The second-order valence-corrected chi connectivity index (χ2v) is 5.14. The van der Waals surface area contributed by atoms with Gasteiger partial charge in [-0.2, -0.15) is 0 Å². The molecule has 8 heteroatoms. The second kappa shape index (κ2) is 6.02. The zero-order valence-electron chi connectivity index (χ0n) is 11.7. The SMILES string of the molecule is CN1CCN(C)C(CNc2ccc([N+](=O)[O-])c(N)n2)C1. The number of nitrogens with one attached hydrogen (secondary N) is 1. The Hall–Kier alpha value is -1.93. The summed E-state index contributed by atoms with van der Waals surface area (Å²) in [6.45, 7) is 3.80. The van der Waals surface area contributed by atoms with Crippen molar-refractivity contribution in [1.82, 2.24) is 14.8 Å². The molecule has 8 nitrogen and oxygen atoms in total. The lowest BCUT2D eigenvalue weighted by Crippen LogP contribution is -2.52. The number of aromatic nitrogens is 1. The number of likely N-dealkylation sites (N-methyl/N-ethyl adjacent to an activating group) is 2. The summed E-state index contributed by atoms with van der Waals surface area (Å²) < 4.78 is 0. The Morgan fingerprint density at radius 3 is 2.90 bits per heavy atom. The molecule has 1 unspecified atom stereocenters. The third-order valence-electron chi connectivity index (χ3n) is 3.60. The smallest absolute Gasteiger partial charge is 0.311 e. The predicted octanol–water partition coefficient (Wildman–Crippen LogP) is 0.230. The van der Waals surface area contributed by atoms with E-state index in [-0.39, 0.29) is 11.5 Å². The van der Waals surface area contributed by atoms with Gasteiger partial charge < -0.3 is 16.0 Å². The molecule has 0 aromatic carbocycles. The van der Waals surface area contributed by atoms with Gasteiger partial charge in [-0.05, 0) is 20.2 Å². The molecule has 0 radical (unpaired) electrons. The van der Waals surface area contributed by atoms with Crippen molar-refractivity contribution >= 4 is 17.3 Å². The van der Waals surface area contributed by atoms with Gasteiger partial charge in [-0.3, -0.25) is 15.0 Å². The van der Waals surface area contributed by atoms with Crippen LogP contribution in [0.4, 0.5) is 17.3 Å². The highest BCUT2D eigenvalue weighted by Gasteiger charge is 2.22. The molecule has 0 aliphatic carbocycles. The van der Waals surface area contributed by atoms with Crippen LogP contribution in [-0.2, 0) is 0 Å². The van der Waals surface area contributed by atoms with Gasteiger partial charge >= 0.3 is 5.69 Å². The molecule has 3 N–H and O–H groups in total. The van der Waals surface area contributed by atoms with Crippen molar-refractivity contribution in [3.63, 3.8) is 0 Å². The third kappa shape index (κ3) is 3.34. The lowest BCUT2D eigenvalue weighted by atomic mass is 10.2. The van der Waals surface area contributed by atoms with E-state index in [0.717, 1.165) is 26.2 Å². The van der Waals surface area contributed by atoms with Gasteiger partial charge in [0.05, 0.1) is 4.92 Å². The minimum absolute atomic E-state index is 0.0610. The molecule has 0 amide bonds. The van der Waals surface area contributed by atoms with Crippen LogP contribution in [0.3, 0.4) is 0 Å². The summed E-state index contributed by atoms with van der Waals surface area (Å²) in [7, 11) is 4.19. The van der Waals surface area contributed by atoms with E-state index < -0.39 is 4.92 Å². The zero-order valence-corrected chi connectivity index (χ0v) is 11.7. The molecule has 0 bridgehead atoms. The fourth-order valence-electron chi connectivity index (χ4n) is 2.26. The van der Waals surface area contributed by atoms with E-state index in [0.29, 0.717) is 11.9 Å². The number of pyridine rings is 1. The zero-order chi connectivity index (χ0) is 14.7. The molecule has 2 heterocycles. The first-order valence-electron chi connectivity index (χ1n) is 6.51. The number of anilines is 2. The summed E-state index contributed by atoms with van der Waals surface area (Å²) in [6, 6.07) is 3.34. The number of rotatable bonds is 4. The van der Waals surface area contributed by atoms with Crippen LogP contribution in [-0.4, -0.2) is 66.0 Å². The summed E-state index contributed by atoms with van der Waals surface area (Å²) >= 11 is 0.